The van der Waals surface area contributed by atoms with E-state index in [-0.39, 0.29) is 10.6 Å². The molecule has 1 unspecified atom stereocenters. The first-order valence-corrected chi connectivity index (χ1v) is 5.13. The number of alkyl halides is 1. The Kier molecular flexibility index (Phi) is 3.43. The molecule has 1 atom stereocenters. The average molecular weight is 252 g/mol. The molecule has 2 nitrogen and oxygen atoms in total. The van der Waals surface area contributed by atoms with Gasteiger partial charge in [0, 0.05) is 0 Å². The number of carbonyl (C=O) groups is 1. The number of nitrogens with zero attached hydrogens (tertiary/aromatic N) is 1. The Morgan fingerprint density at radius 2 is 2.21 bits per heavy atom. The highest BCUT2D eigenvalue weighted by Crippen LogP contribution is 2.25. The second kappa shape index (κ2) is 4.39. The minimum atomic E-state index is -0.310. The van der Waals surface area contributed by atoms with Crippen LogP contribution in [0.2, 0.25) is 0 Å². The van der Waals surface area contributed by atoms with Crippen LogP contribution in [-0.2, 0) is 4.79 Å². The van der Waals surface area contributed by atoms with Gasteiger partial charge in [0.05, 0.1) is 16.5 Å². The lowest BCUT2D eigenvalue weighted by Crippen LogP contribution is -2.01. The van der Waals surface area contributed by atoms with Crippen molar-refractivity contribution in [2.24, 2.45) is 0 Å². The molecule has 14 heavy (non-hydrogen) atoms. The Hall–Kier alpha value is -1.14. The number of Topliss-reactive ketones (excluding diaryl/α,β-unsaturated/α-hetero) is 1. The van der Waals surface area contributed by atoms with Gasteiger partial charge in [-0.25, -0.2) is 0 Å². The van der Waals surface area contributed by atoms with Gasteiger partial charge in [-0.3, -0.25) is 4.79 Å². The smallest absolute Gasteiger partial charge is 0.147 e. The number of aryl methyl sites for hydroxylation is 1. The van der Waals surface area contributed by atoms with Crippen LogP contribution >= 0.6 is 15.9 Å². The van der Waals surface area contributed by atoms with Crippen molar-refractivity contribution in [3.63, 3.8) is 0 Å². The Labute approximate surface area is 91.7 Å². The van der Waals surface area contributed by atoms with Gasteiger partial charge >= 0.3 is 0 Å². The Morgan fingerprint density at radius 3 is 2.71 bits per heavy atom. The summed E-state index contributed by atoms with van der Waals surface area (Å²) in [5, 5.41) is 8.81. The minimum absolute atomic E-state index is 0.0396. The van der Waals surface area contributed by atoms with Gasteiger partial charge in [0.1, 0.15) is 5.78 Å². The molecule has 0 aliphatic carbocycles. The summed E-state index contributed by atoms with van der Waals surface area (Å²) in [6.07, 6.45) is 0. The third kappa shape index (κ3) is 2.21. The number of benzene rings is 1. The highest BCUT2D eigenvalue weighted by Gasteiger charge is 2.13. The van der Waals surface area contributed by atoms with Crippen molar-refractivity contribution >= 4 is 21.7 Å². The Balaban J connectivity index is 3.14. The van der Waals surface area contributed by atoms with E-state index < -0.39 is 0 Å². The summed E-state index contributed by atoms with van der Waals surface area (Å²) < 4.78 is 0. The molecule has 1 aromatic rings. The van der Waals surface area contributed by atoms with Crippen LogP contribution in [0, 0.1) is 18.3 Å². The van der Waals surface area contributed by atoms with E-state index in [1.165, 1.54) is 6.92 Å². The second-order valence-corrected chi connectivity index (χ2v) is 4.08. The topological polar surface area (TPSA) is 40.9 Å². The maximum Gasteiger partial charge on any atom is 0.147 e. The van der Waals surface area contributed by atoms with Crippen molar-refractivity contribution in [3.8, 4) is 6.07 Å². The number of rotatable bonds is 2. The van der Waals surface area contributed by atoms with Gasteiger partial charge in [-0.15, -0.1) is 0 Å². The van der Waals surface area contributed by atoms with Crippen molar-refractivity contribution in [2.45, 2.75) is 18.7 Å². The molecule has 1 aromatic carbocycles. The number of carbonyl (C=O) groups excluding carboxylic acids is 1. The van der Waals surface area contributed by atoms with Crippen LogP contribution in [0.15, 0.2) is 18.2 Å². The number of nitriles is 1. The standard InChI is InChI=1S/C11H10BrNO/c1-7-3-4-9(5-10(7)6-13)11(12)8(2)14/h3-5,11H,1-2H3. The molecule has 0 N–H and O–H groups in total. The molecule has 0 amide bonds. The third-order valence-electron chi connectivity index (χ3n) is 2.03. The van der Waals surface area contributed by atoms with Gasteiger partial charge in [0.15, 0.2) is 0 Å². The van der Waals surface area contributed by atoms with Gasteiger partial charge in [-0.1, -0.05) is 28.1 Å². The SMILES string of the molecule is CC(=O)C(Br)c1ccc(C)c(C#N)c1. The largest absolute Gasteiger partial charge is 0.298 e. The zero-order chi connectivity index (χ0) is 10.7. The zero-order valence-corrected chi connectivity index (χ0v) is 9.63. The molecule has 72 valence electrons. The van der Waals surface area contributed by atoms with Crippen LogP contribution in [0.4, 0.5) is 0 Å². The maximum atomic E-state index is 11.1. The number of hydrogen-bond donors (Lipinski definition) is 0. The summed E-state index contributed by atoms with van der Waals surface area (Å²) >= 11 is 3.28. The first kappa shape index (κ1) is 10.9. The molecule has 0 bridgehead atoms. The fourth-order valence-electron chi connectivity index (χ4n) is 1.15. The molecule has 0 aliphatic heterocycles. The van der Waals surface area contributed by atoms with Crippen molar-refractivity contribution in [2.75, 3.05) is 0 Å². The van der Waals surface area contributed by atoms with Gasteiger partial charge in [-0.2, -0.15) is 5.26 Å². The van der Waals surface area contributed by atoms with Crippen molar-refractivity contribution in [1.82, 2.24) is 0 Å². The molecule has 0 saturated carbocycles. The van der Waals surface area contributed by atoms with E-state index in [0.29, 0.717) is 5.56 Å². The van der Waals surface area contributed by atoms with Crippen LogP contribution < -0.4 is 0 Å². The third-order valence-corrected chi connectivity index (χ3v) is 3.21. The molecule has 3 heteroatoms. The molecular formula is C11H10BrNO. The van der Waals surface area contributed by atoms with Crippen LogP contribution in [0.1, 0.15) is 28.4 Å². The first-order valence-electron chi connectivity index (χ1n) is 4.21. The van der Waals surface area contributed by atoms with E-state index in [1.54, 1.807) is 6.07 Å². The lowest BCUT2D eigenvalue weighted by Gasteiger charge is -2.07. The minimum Gasteiger partial charge on any atom is -0.298 e. The van der Waals surface area contributed by atoms with E-state index >= 15 is 0 Å². The van der Waals surface area contributed by atoms with Crippen LogP contribution in [-0.4, -0.2) is 5.78 Å². The maximum absolute atomic E-state index is 11.1. The summed E-state index contributed by atoms with van der Waals surface area (Å²) in [6.45, 7) is 3.39. The van der Waals surface area contributed by atoms with E-state index in [2.05, 4.69) is 22.0 Å². The predicted octanol–water partition coefficient (Wildman–Crippen LogP) is 2.89. The first-order chi connectivity index (χ1) is 6.56. The van der Waals surface area contributed by atoms with Crippen molar-refractivity contribution < 1.29 is 4.79 Å². The normalized spacial score (nSPS) is 11.9. The Morgan fingerprint density at radius 1 is 1.57 bits per heavy atom. The van der Waals surface area contributed by atoms with E-state index in [4.69, 9.17) is 5.26 Å². The average Bonchev–Trinajstić information content (AvgIpc) is 2.17. The lowest BCUT2D eigenvalue weighted by molar-refractivity contribution is -0.116. The molecule has 0 heterocycles. The van der Waals surface area contributed by atoms with Crippen molar-refractivity contribution in [3.05, 3.63) is 34.9 Å². The summed E-state index contributed by atoms with van der Waals surface area (Å²) in [5.74, 6) is 0.0396. The van der Waals surface area contributed by atoms with Crippen LogP contribution in [0.5, 0.6) is 0 Å². The molecular weight excluding hydrogens is 242 g/mol. The quantitative estimate of drug-likeness (QED) is 0.759. The molecule has 0 fully saturated rings. The summed E-state index contributed by atoms with van der Waals surface area (Å²) in [6, 6.07) is 7.55. The highest BCUT2D eigenvalue weighted by molar-refractivity contribution is 9.09. The van der Waals surface area contributed by atoms with Gasteiger partial charge < -0.3 is 0 Å². The van der Waals surface area contributed by atoms with Crippen molar-refractivity contribution in [1.29, 1.82) is 5.26 Å². The fourth-order valence-corrected chi connectivity index (χ4v) is 1.44. The van der Waals surface area contributed by atoms with Gasteiger partial charge in [-0.05, 0) is 31.0 Å². The molecule has 0 aliphatic rings. The molecule has 0 spiro atoms. The zero-order valence-electron chi connectivity index (χ0n) is 8.04. The van der Waals surface area contributed by atoms with Gasteiger partial charge in [0.2, 0.25) is 0 Å². The number of halogens is 1. The molecule has 1 rings (SSSR count). The highest BCUT2D eigenvalue weighted by atomic mass is 79.9. The van der Waals surface area contributed by atoms with E-state index in [0.717, 1.165) is 11.1 Å². The summed E-state index contributed by atoms with van der Waals surface area (Å²) in [5.41, 5.74) is 2.38. The molecule has 0 aromatic heterocycles. The second-order valence-electron chi connectivity index (χ2n) is 3.16. The summed E-state index contributed by atoms with van der Waals surface area (Å²) in [7, 11) is 0. The summed E-state index contributed by atoms with van der Waals surface area (Å²) in [4.78, 5) is 10.8. The lowest BCUT2D eigenvalue weighted by atomic mass is 10.0. The van der Waals surface area contributed by atoms with Gasteiger partial charge in [0.25, 0.3) is 0 Å². The monoisotopic (exact) mass is 251 g/mol. The fraction of sp³-hybridized carbons (Fsp3) is 0.273. The van der Waals surface area contributed by atoms with E-state index in [9.17, 15) is 4.79 Å². The van der Waals surface area contributed by atoms with E-state index in [1.807, 2.05) is 19.1 Å². The van der Waals surface area contributed by atoms with Crippen LogP contribution in [0.25, 0.3) is 0 Å². The number of hydrogen-bond acceptors (Lipinski definition) is 2. The number of ketones is 1. The Bertz CT molecular complexity index is 406. The molecule has 0 saturated heterocycles. The van der Waals surface area contributed by atoms with Crippen LogP contribution in [0.3, 0.4) is 0 Å². The predicted molar refractivity (Wildman–Crippen MR) is 58.2 cm³/mol. The molecule has 0 radical (unpaired) electrons.